The predicted molar refractivity (Wildman–Crippen MR) is 55.4 cm³/mol. The molecule has 2 fully saturated rings. The fourth-order valence-electron chi connectivity index (χ4n) is 1.58. The Hall–Kier alpha value is -0.870. The van der Waals surface area contributed by atoms with Gasteiger partial charge in [0.25, 0.3) is 0 Å². The van der Waals surface area contributed by atoms with E-state index in [0.29, 0.717) is 12.2 Å². The van der Waals surface area contributed by atoms with Gasteiger partial charge in [-0.3, -0.25) is 0 Å². The zero-order chi connectivity index (χ0) is 11.1. The molecule has 0 bridgehead atoms. The summed E-state index contributed by atoms with van der Waals surface area (Å²) in [6.07, 6.45) is 7.94. The number of epoxide rings is 1. The molecule has 2 atom stereocenters. The minimum absolute atomic E-state index is 0.0465. The van der Waals surface area contributed by atoms with Crippen LogP contribution in [0.3, 0.4) is 0 Å². The van der Waals surface area contributed by atoms with Gasteiger partial charge in [-0.05, 0) is 12.8 Å². The fourth-order valence-corrected chi connectivity index (χ4v) is 1.58. The summed E-state index contributed by atoms with van der Waals surface area (Å²) >= 11 is 0. The van der Waals surface area contributed by atoms with E-state index in [1.54, 1.807) is 0 Å². The molecule has 1 saturated heterocycles. The van der Waals surface area contributed by atoms with E-state index in [1.165, 1.54) is 25.7 Å². The third-order valence-corrected chi connectivity index (χ3v) is 2.42. The predicted octanol–water partition coefficient (Wildman–Crippen LogP) is 1.04. The number of aliphatic hydroxyl groups excluding tert-OH is 1. The molecular weight excluding hydrogens is 196 g/mol. The average molecular weight is 214 g/mol. The van der Waals surface area contributed by atoms with Gasteiger partial charge in [0.15, 0.2) is 0 Å². The number of aliphatic hydroxyl groups is 1. The lowest BCUT2D eigenvalue weighted by Crippen LogP contribution is -2.04. The number of ether oxygens (including phenoxy) is 2. The van der Waals surface area contributed by atoms with Crippen molar-refractivity contribution in [1.82, 2.24) is 0 Å². The van der Waals surface area contributed by atoms with Crippen LogP contribution in [0.5, 0.6) is 0 Å². The Balaban J connectivity index is 0.000000150. The zero-order valence-electron chi connectivity index (χ0n) is 8.85. The van der Waals surface area contributed by atoms with Crippen LogP contribution in [0.2, 0.25) is 0 Å². The molecule has 0 radical (unpaired) electrons. The molecule has 0 spiro atoms. The standard InChI is InChI=1S/C6H10O.C5H8O3/c1-2-4-6-5(3-1)7-6;1-2-5(7)8-4-3-6/h5-6H,1-4H2;2,6H,1,3-4H2. The van der Waals surface area contributed by atoms with E-state index in [9.17, 15) is 4.79 Å². The van der Waals surface area contributed by atoms with E-state index in [-0.39, 0.29) is 13.2 Å². The Morgan fingerprint density at radius 2 is 2.07 bits per heavy atom. The Morgan fingerprint density at radius 3 is 2.47 bits per heavy atom. The van der Waals surface area contributed by atoms with Crippen molar-refractivity contribution in [2.45, 2.75) is 37.9 Å². The van der Waals surface area contributed by atoms with Gasteiger partial charge in [0.2, 0.25) is 0 Å². The number of rotatable bonds is 3. The van der Waals surface area contributed by atoms with Crippen LogP contribution in [0.25, 0.3) is 0 Å². The van der Waals surface area contributed by atoms with Gasteiger partial charge >= 0.3 is 5.97 Å². The number of hydrogen-bond acceptors (Lipinski definition) is 4. The van der Waals surface area contributed by atoms with E-state index in [4.69, 9.17) is 9.84 Å². The van der Waals surface area contributed by atoms with Crippen LogP contribution in [0, 0.1) is 0 Å². The zero-order valence-corrected chi connectivity index (χ0v) is 8.85. The highest BCUT2D eigenvalue weighted by Gasteiger charge is 2.39. The van der Waals surface area contributed by atoms with Crippen molar-refractivity contribution in [3.63, 3.8) is 0 Å². The molecule has 0 aromatic heterocycles. The monoisotopic (exact) mass is 214 g/mol. The van der Waals surface area contributed by atoms with Gasteiger partial charge in [-0.1, -0.05) is 19.4 Å². The second-order valence-corrected chi connectivity index (χ2v) is 3.59. The maximum Gasteiger partial charge on any atom is 0.330 e. The maximum absolute atomic E-state index is 10.1. The summed E-state index contributed by atoms with van der Waals surface area (Å²) in [6, 6.07) is 0. The number of esters is 1. The highest BCUT2D eigenvalue weighted by molar-refractivity contribution is 5.81. The van der Waals surface area contributed by atoms with Crippen LogP contribution in [0.1, 0.15) is 25.7 Å². The molecule has 0 aromatic rings. The van der Waals surface area contributed by atoms with Gasteiger partial charge in [-0.25, -0.2) is 4.79 Å². The molecule has 1 saturated carbocycles. The van der Waals surface area contributed by atoms with Gasteiger partial charge in [0, 0.05) is 6.08 Å². The fraction of sp³-hybridized carbons (Fsp3) is 0.727. The molecule has 2 unspecified atom stereocenters. The SMILES string of the molecule is C1CCC2OC2C1.C=CC(=O)OCCO. The number of fused-ring (bicyclic) bond motifs is 1. The molecule has 15 heavy (non-hydrogen) atoms. The highest BCUT2D eigenvalue weighted by Crippen LogP contribution is 2.35. The Bertz CT molecular complexity index is 205. The van der Waals surface area contributed by atoms with Crippen molar-refractivity contribution >= 4 is 5.97 Å². The molecule has 1 N–H and O–H groups in total. The van der Waals surface area contributed by atoms with Gasteiger partial charge in [-0.2, -0.15) is 0 Å². The molecule has 1 aliphatic carbocycles. The Kier molecular flexibility index (Phi) is 5.36. The topological polar surface area (TPSA) is 59.1 Å². The van der Waals surface area contributed by atoms with Crippen molar-refractivity contribution in [3.05, 3.63) is 12.7 Å². The normalized spacial score (nSPS) is 26.7. The molecule has 2 rings (SSSR count). The van der Waals surface area contributed by atoms with Gasteiger partial charge in [0.05, 0.1) is 18.8 Å². The molecule has 86 valence electrons. The highest BCUT2D eigenvalue weighted by atomic mass is 16.6. The van der Waals surface area contributed by atoms with Crippen LogP contribution in [0.15, 0.2) is 12.7 Å². The average Bonchev–Trinajstić information content (AvgIpc) is 3.05. The smallest absolute Gasteiger partial charge is 0.330 e. The first-order valence-electron chi connectivity index (χ1n) is 5.33. The van der Waals surface area contributed by atoms with Crippen LogP contribution < -0.4 is 0 Å². The molecule has 0 aromatic carbocycles. The summed E-state index contributed by atoms with van der Waals surface area (Å²) in [4.78, 5) is 10.1. The summed E-state index contributed by atoms with van der Waals surface area (Å²) in [7, 11) is 0. The Labute approximate surface area is 89.9 Å². The van der Waals surface area contributed by atoms with Crippen molar-refractivity contribution in [2.75, 3.05) is 13.2 Å². The molecule has 4 heteroatoms. The van der Waals surface area contributed by atoms with Crippen molar-refractivity contribution in [3.8, 4) is 0 Å². The van der Waals surface area contributed by atoms with E-state index in [0.717, 1.165) is 6.08 Å². The van der Waals surface area contributed by atoms with E-state index in [1.807, 2.05) is 0 Å². The lowest BCUT2D eigenvalue weighted by molar-refractivity contribution is -0.138. The number of hydrogen-bond donors (Lipinski definition) is 1. The number of carbonyl (C=O) groups excluding carboxylic acids is 1. The van der Waals surface area contributed by atoms with Gasteiger partial charge in [0.1, 0.15) is 6.61 Å². The molecule has 2 aliphatic rings. The molecule has 0 amide bonds. The van der Waals surface area contributed by atoms with Crippen LogP contribution in [-0.2, 0) is 14.3 Å². The maximum atomic E-state index is 10.1. The second-order valence-electron chi connectivity index (χ2n) is 3.59. The van der Waals surface area contributed by atoms with Crippen molar-refractivity contribution < 1.29 is 19.4 Å². The number of carbonyl (C=O) groups is 1. The first kappa shape index (κ1) is 12.2. The van der Waals surface area contributed by atoms with Gasteiger partial charge in [-0.15, -0.1) is 0 Å². The summed E-state index contributed by atoms with van der Waals surface area (Å²) in [6.45, 7) is 3.06. The lowest BCUT2D eigenvalue weighted by atomic mass is 10.0. The van der Waals surface area contributed by atoms with Crippen LogP contribution in [0.4, 0.5) is 0 Å². The third-order valence-electron chi connectivity index (χ3n) is 2.42. The van der Waals surface area contributed by atoms with Crippen LogP contribution >= 0.6 is 0 Å². The molecule has 1 heterocycles. The summed E-state index contributed by atoms with van der Waals surface area (Å²) in [5, 5.41) is 8.10. The lowest BCUT2D eigenvalue weighted by Gasteiger charge is -2.00. The van der Waals surface area contributed by atoms with Gasteiger partial charge < -0.3 is 14.6 Å². The van der Waals surface area contributed by atoms with E-state index >= 15 is 0 Å². The summed E-state index contributed by atoms with van der Waals surface area (Å²) in [5.74, 6) is -0.501. The minimum atomic E-state index is -0.501. The third kappa shape index (κ3) is 4.95. The Morgan fingerprint density at radius 1 is 1.47 bits per heavy atom. The molecule has 1 aliphatic heterocycles. The van der Waals surface area contributed by atoms with E-state index in [2.05, 4.69) is 11.3 Å². The molecular formula is C11H18O4. The summed E-state index contributed by atoms with van der Waals surface area (Å²) < 4.78 is 9.61. The van der Waals surface area contributed by atoms with E-state index < -0.39 is 5.97 Å². The van der Waals surface area contributed by atoms with Crippen LogP contribution in [-0.4, -0.2) is 36.5 Å². The minimum Gasteiger partial charge on any atom is -0.460 e. The second kappa shape index (κ2) is 6.58. The van der Waals surface area contributed by atoms with Crippen molar-refractivity contribution in [2.24, 2.45) is 0 Å². The molecule has 4 nitrogen and oxygen atoms in total. The summed E-state index contributed by atoms with van der Waals surface area (Å²) in [5.41, 5.74) is 0. The van der Waals surface area contributed by atoms with Crippen molar-refractivity contribution in [1.29, 1.82) is 0 Å². The first-order valence-corrected chi connectivity index (χ1v) is 5.33. The first-order chi connectivity index (χ1) is 7.27. The quantitative estimate of drug-likeness (QED) is 0.433. The largest absolute Gasteiger partial charge is 0.460 e.